The van der Waals surface area contributed by atoms with E-state index in [0.717, 1.165) is 29.5 Å². The van der Waals surface area contributed by atoms with E-state index >= 15 is 0 Å². The van der Waals surface area contributed by atoms with Crippen molar-refractivity contribution in [3.63, 3.8) is 0 Å². The molecule has 150 valence electrons. The quantitative estimate of drug-likeness (QED) is 0.695. The predicted molar refractivity (Wildman–Crippen MR) is 111 cm³/mol. The highest BCUT2D eigenvalue weighted by Crippen LogP contribution is 2.41. The number of nitrogens with two attached hydrogens (primary N) is 1. The Labute approximate surface area is 169 Å². The van der Waals surface area contributed by atoms with E-state index in [2.05, 4.69) is 9.97 Å². The van der Waals surface area contributed by atoms with Crippen molar-refractivity contribution in [2.45, 2.75) is 19.8 Å². The molecule has 0 bridgehead atoms. The molecule has 7 nitrogen and oxygen atoms in total. The summed E-state index contributed by atoms with van der Waals surface area (Å²) in [5.41, 5.74) is 9.53. The van der Waals surface area contributed by atoms with Gasteiger partial charge in [-0.05, 0) is 35.7 Å². The molecule has 0 aliphatic carbocycles. The SMILES string of the molecule is CCc1cc(-c2nc(N)ncc2-c2ccc3c(c2)OCCCO3)c(O)cc1OC. The van der Waals surface area contributed by atoms with E-state index in [4.69, 9.17) is 19.9 Å². The van der Waals surface area contributed by atoms with Crippen LogP contribution in [0, 0.1) is 0 Å². The molecule has 0 radical (unpaired) electrons. The molecule has 29 heavy (non-hydrogen) atoms. The highest BCUT2D eigenvalue weighted by Gasteiger charge is 2.19. The second kappa shape index (κ2) is 7.87. The van der Waals surface area contributed by atoms with Crippen molar-refractivity contribution < 1.29 is 19.3 Å². The van der Waals surface area contributed by atoms with Gasteiger partial charge in [0, 0.05) is 29.8 Å². The number of phenolic OH excluding ortho intramolecular Hbond substituents is 1. The number of anilines is 1. The van der Waals surface area contributed by atoms with Crippen LogP contribution < -0.4 is 19.9 Å². The summed E-state index contributed by atoms with van der Waals surface area (Å²) >= 11 is 0. The monoisotopic (exact) mass is 393 g/mol. The lowest BCUT2D eigenvalue weighted by molar-refractivity contribution is 0.297. The normalized spacial score (nSPS) is 13.0. The third-order valence-electron chi connectivity index (χ3n) is 4.90. The van der Waals surface area contributed by atoms with Crippen LogP contribution in [0.3, 0.4) is 0 Å². The highest BCUT2D eigenvalue weighted by atomic mass is 16.5. The topological polar surface area (TPSA) is 99.7 Å². The summed E-state index contributed by atoms with van der Waals surface area (Å²) in [6.45, 7) is 3.25. The lowest BCUT2D eigenvalue weighted by Crippen LogP contribution is -2.00. The smallest absolute Gasteiger partial charge is 0.220 e. The van der Waals surface area contributed by atoms with Gasteiger partial charge in [-0.2, -0.15) is 0 Å². The van der Waals surface area contributed by atoms with Gasteiger partial charge in [-0.3, -0.25) is 0 Å². The molecule has 1 aliphatic rings. The molecule has 3 N–H and O–H groups in total. The van der Waals surface area contributed by atoms with Gasteiger partial charge in [-0.25, -0.2) is 9.97 Å². The number of methoxy groups -OCH3 is 1. The summed E-state index contributed by atoms with van der Waals surface area (Å²) in [6, 6.07) is 9.18. The number of nitrogens with zero attached hydrogens (tertiary/aromatic N) is 2. The van der Waals surface area contributed by atoms with Gasteiger partial charge < -0.3 is 25.1 Å². The Hall–Kier alpha value is -3.48. The minimum Gasteiger partial charge on any atom is -0.507 e. The van der Waals surface area contributed by atoms with Crippen LogP contribution in [0.4, 0.5) is 5.95 Å². The largest absolute Gasteiger partial charge is 0.507 e. The number of phenols is 1. The number of aromatic hydroxyl groups is 1. The van der Waals surface area contributed by atoms with Gasteiger partial charge >= 0.3 is 0 Å². The van der Waals surface area contributed by atoms with Crippen molar-refractivity contribution in [2.24, 2.45) is 0 Å². The summed E-state index contributed by atoms with van der Waals surface area (Å²) in [5, 5.41) is 10.7. The fourth-order valence-electron chi connectivity index (χ4n) is 3.41. The molecule has 0 saturated carbocycles. The van der Waals surface area contributed by atoms with Crippen LogP contribution in [0.1, 0.15) is 18.9 Å². The number of benzene rings is 2. The van der Waals surface area contributed by atoms with Crippen LogP contribution in [0.2, 0.25) is 0 Å². The Morgan fingerprint density at radius 1 is 1.10 bits per heavy atom. The fourth-order valence-corrected chi connectivity index (χ4v) is 3.41. The van der Waals surface area contributed by atoms with E-state index in [-0.39, 0.29) is 11.7 Å². The van der Waals surface area contributed by atoms with Crippen molar-refractivity contribution in [1.29, 1.82) is 0 Å². The average Bonchev–Trinajstić information content (AvgIpc) is 2.98. The van der Waals surface area contributed by atoms with Crippen LogP contribution in [0.15, 0.2) is 36.5 Å². The molecule has 4 rings (SSSR count). The maximum Gasteiger partial charge on any atom is 0.220 e. The number of aromatic nitrogens is 2. The minimum absolute atomic E-state index is 0.0627. The maximum absolute atomic E-state index is 10.7. The van der Waals surface area contributed by atoms with Gasteiger partial charge in [0.1, 0.15) is 11.5 Å². The van der Waals surface area contributed by atoms with Crippen molar-refractivity contribution in [1.82, 2.24) is 9.97 Å². The fraction of sp³-hybridized carbons (Fsp3) is 0.273. The first-order chi connectivity index (χ1) is 14.1. The van der Waals surface area contributed by atoms with E-state index in [9.17, 15) is 5.11 Å². The van der Waals surface area contributed by atoms with Gasteiger partial charge in [0.2, 0.25) is 5.95 Å². The highest BCUT2D eigenvalue weighted by molar-refractivity contribution is 5.85. The zero-order chi connectivity index (χ0) is 20.4. The molecule has 2 aromatic carbocycles. The summed E-state index contributed by atoms with van der Waals surface area (Å²) in [7, 11) is 1.58. The molecule has 0 atom stereocenters. The van der Waals surface area contributed by atoms with Gasteiger partial charge in [-0.15, -0.1) is 0 Å². The number of ether oxygens (including phenoxy) is 3. The van der Waals surface area contributed by atoms with Crippen molar-refractivity contribution in [2.75, 3.05) is 26.1 Å². The van der Waals surface area contributed by atoms with Crippen LogP contribution >= 0.6 is 0 Å². The van der Waals surface area contributed by atoms with Crippen molar-refractivity contribution in [3.8, 4) is 45.4 Å². The molecule has 0 spiro atoms. The van der Waals surface area contributed by atoms with E-state index in [1.54, 1.807) is 19.4 Å². The summed E-state index contributed by atoms with van der Waals surface area (Å²) in [4.78, 5) is 8.60. The number of fused-ring (bicyclic) bond motifs is 1. The van der Waals surface area contributed by atoms with Crippen LogP contribution in [-0.2, 0) is 6.42 Å². The lowest BCUT2D eigenvalue weighted by Gasteiger charge is -2.15. The molecule has 7 heteroatoms. The second-order valence-electron chi connectivity index (χ2n) is 6.74. The van der Waals surface area contributed by atoms with E-state index in [1.807, 2.05) is 31.2 Å². The molecule has 0 saturated heterocycles. The van der Waals surface area contributed by atoms with Gasteiger partial charge in [0.15, 0.2) is 11.5 Å². The van der Waals surface area contributed by atoms with Crippen LogP contribution in [0.5, 0.6) is 23.0 Å². The molecule has 0 unspecified atom stereocenters. The molecule has 2 heterocycles. The molecule has 0 fully saturated rings. The van der Waals surface area contributed by atoms with Crippen LogP contribution in [0.25, 0.3) is 22.4 Å². The number of hydrogen-bond acceptors (Lipinski definition) is 7. The molecular weight excluding hydrogens is 370 g/mol. The Morgan fingerprint density at radius 3 is 2.66 bits per heavy atom. The summed E-state index contributed by atoms with van der Waals surface area (Å²) < 4.78 is 16.9. The number of aryl methyl sites for hydroxylation is 1. The standard InChI is InChI=1S/C22H23N3O4/c1-3-13-9-15(17(26)11-19(13)27-2)21-16(12-24-22(23)25-21)14-5-6-18-20(10-14)29-8-4-7-28-18/h5-6,9-12,26H,3-4,7-8H2,1-2H3,(H2,23,24,25). The molecule has 3 aromatic rings. The first-order valence-corrected chi connectivity index (χ1v) is 9.53. The predicted octanol–water partition coefficient (Wildman–Crippen LogP) is 3.83. The summed E-state index contributed by atoms with van der Waals surface area (Å²) in [5.74, 6) is 2.22. The van der Waals surface area contributed by atoms with E-state index in [0.29, 0.717) is 41.7 Å². The van der Waals surface area contributed by atoms with Gasteiger partial charge in [-0.1, -0.05) is 13.0 Å². The third kappa shape index (κ3) is 3.63. The van der Waals surface area contributed by atoms with Crippen molar-refractivity contribution >= 4 is 5.95 Å². The first-order valence-electron chi connectivity index (χ1n) is 9.53. The van der Waals surface area contributed by atoms with Crippen LogP contribution in [-0.4, -0.2) is 35.4 Å². The molecule has 1 aromatic heterocycles. The van der Waals surface area contributed by atoms with E-state index in [1.165, 1.54) is 0 Å². The van der Waals surface area contributed by atoms with Crippen molar-refractivity contribution in [3.05, 3.63) is 42.1 Å². The Bertz CT molecular complexity index is 1050. The first kappa shape index (κ1) is 18.9. The zero-order valence-corrected chi connectivity index (χ0v) is 16.4. The van der Waals surface area contributed by atoms with E-state index < -0.39 is 0 Å². The number of rotatable bonds is 4. The minimum atomic E-state index is 0.0627. The van der Waals surface area contributed by atoms with Gasteiger partial charge in [0.25, 0.3) is 0 Å². The lowest BCUT2D eigenvalue weighted by atomic mass is 9.97. The molecule has 0 amide bonds. The number of nitrogen functional groups attached to an aromatic ring is 1. The average molecular weight is 393 g/mol. The zero-order valence-electron chi connectivity index (χ0n) is 16.4. The number of hydrogen-bond donors (Lipinski definition) is 2. The second-order valence-corrected chi connectivity index (χ2v) is 6.74. The molecular formula is C22H23N3O4. The molecule has 1 aliphatic heterocycles. The maximum atomic E-state index is 10.7. The Balaban J connectivity index is 1.87. The Morgan fingerprint density at radius 2 is 1.90 bits per heavy atom. The third-order valence-corrected chi connectivity index (χ3v) is 4.90. The Kier molecular flexibility index (Phi) is 5.12. The van der Waals surface area contributed by atoms with Gasteiger partial charge in [0.05, 0.1) is 26.0 Å². The summed E-state index contributed by atoms with van der Waals surface area (Å²) in [6.07, 6.45) is 3.24.